The van der Waals surface area contributed by atoms with Gasteiger partial charge in [0.1, 0.15) is 6.04 Å². The first kappa shape index (κ1) is 16.2. The highest BCUT2D eigenvalue weighted by molar-refractivity contribution is 7.09. The maximum Gasteiger partial charge on any atom is 0.244 e. The van der Waals surface area contributed by atoms with Gasteiger partial charge in [-0.2, -0.15) is 0 Å². The van der Waals surface area contributed by atoms with E-state index in [9.17, 15) is 4.79 Å². The highest BCUT2D eigenvalue weighted by Gasteiger charge is 2.27. The molecule has 0 bridgehead atoms. The van der Waals surface area contributed by atoms with Gasteiger partial charge in [0, 0.05) is 18.0 Å². The van der Waals surface area contributed by atoms with Crippen LogP contribution < -0.4 is 5.73 Å². The van der Waals surface area contributed by atoms with Crippen LogP contribution in [0.4, 0.5) is 0 Å². The summed E-state index contributed by atoms with van der Waals surface area (Å²) in [6.45, 7) is 1.99. The molecular weight excluding hydrogens is 308 g/mol. The molecule has 0 saturated carbocycles. The molecule has 2 aromatic rings. The van der Waals surface area contributed by atoms with Gasteiger partial charge in [0.25, 0.3) is 0 Å². The molecular formula is C18H22N2O2S. The lowest BCUT2D eigenvalue weighted by Gasteiger charge is -2.27. The Morgan fingerprint density at radius 3 is 2.78 bits per heavy atom. The molecule has 3 rings (SSSR count). The zero-order chi connectivity index (χ0) is 16.1. The topological polar surface area (TPSA) is 55.6 Å². The van der Waals surface area contributed by atoms with Crippen molar-refractivity contribution in [2.75, 3.05) is 13.2 Å². The second-order valence-electron chi connectivity index (χ2n) is 5.82. The van der Waals surface area contributed by atoms with Crippen LogP contribution in [0.3, 0.4) is 0 Å². The fraction of sp³-hybridized carbons (Fsp3) is 0.389. The Morgan fingerprint density at radius 1 is 1.30 bits per heavy atom. The lowest BCUT2D eigenvalue weighted by molar-refractivity contribution is -0.135. The summed E-state index contributed by atoms with van der Waals surface area (Å²) < 4.78 is 5.71. The van der Waals surface area contributed by atoms with E-state index < -0.39 is 6.04 Å². The number of benzene rings is 1. The van der Waals surface area contributed by atoms with Crippen molar-refractivity contribution in [1.29, 1.82) is 0 Å². The Morgan fingerprint density at radius 2 is 2.13 bits per heavy atom. The number of carbonyl (C=O) groups is 1. The molecule has 1 amide bonds. The van der Waals surface area contributed by atoms with Crippen molar-refractivity contribution in [2.45, 2.75) is 31.5 Å². The molecule has 1 fully saturated rings. The molecule has 1 aromatic carbocycles. The van der Waals surface area contributed by atoms with E-state index in [-0.39, 0.29) is 12.0 Å². The Balaban J connectivity index is 1.74. The van der Waals surface area contributed by atoms with E-state index in [2.05, 4.69) is 6.07 Å². The maximum atomic E-state index is 12.9. The van der Waals surface area contributed by atoms with Crippen molar-refractivity contribution in [3.05, 3.63) is 58.3 Å². The normalized spacial score (nSPS) is 18.7. The van der Waals surface area contributed by atoms with E-state index in [4.69, 9.17) is 10.5 Å². The van der Waals surface area contributed by atoms with Crippen LogP contribution in [-0.4, -0.2) is 30.1 Å². The number of nitrogens with two attached hydrogens (primary N) is 1. The molecule has 122 valence electrons. The number of ether oxygens (including phenoxy) is 1. The Labute approximate surface area is 140 Å². The number of rotatable bonds is 6. The summed E-state index contributed by atoms with van der Waals surface area (Å²) in [6, 6.07) is 13.0. The number of thiophene rings is 1. The van der Waals surface area contributed by atoms with E-state index >= 15 is 0 Å². The summed E-state index contributed by atoms with van der Waals surface area (Å²) in [4.78, 5) is 15.9. The molecule has 2 heterocycles. The van der Waals surface area contributed by atoms with Gasteiger partial charge in [-0.1, -0.05) is 36.4 Å². The van der Waals surface area contributed by atoms with Crippen molar-refractivity contribution in [3.63, 3.8) is 0 Å². The summed E-state index contributed by atoms with van der Waals surface area (Å²) in [5.41, 5.74) is 7.06. The van der Waals surface area contributed by atoms with Crippen LogP contribution in [0, 0.1) is 0 Å². The smallest absolute Gasteiger partial charge is 0.244 e. The minimum Gasteiger partial charge on any atom is -0.376 e. The summed E-state index contributed by atoms with van der Waals surface area (Å²) in [5, 5.41) is 2.03. The van der Waals surface area contributed by atoms with Gasteiger partial charge in [0.2, 0.25) is 5.91 Å². The van der Waals surface area contributed by atoms with Gasteiger partial charge in [0.15, 0.2) is 0 Å². The van der Waals surface area contributed by atoms with E-state index in [1.54, 1.807) is 11.3 Å². The average Bonchev–Trinajstić information content (AvgIpc) is 3.27. The van der Waals surface area contributed by atoms with Gasteiger partial charge in [0.05, 0.1) is 12.6 Å². The molecule has 1 aromatic heterocycles. The van der Waals surface area contributed by atoms with E-state index in [0.29, 0.717) is 13.1 Å². The zero-order valence-corrected chi connectivity index (χ0v) is 13.9. The van der Waals surface area contributed by atoms with Gasteiger partial charge < -0.3 is 15.4 Å². The minimum absolute atomic E-state index is 0.0416. The quantitative estimate of drug-likeness (QED) is 0.886. The van der Waals surface area contributed by atoms with Gasteiger partial charge in [-0.3, -0.25) is 4.79 Å². The van der Waals surface area contributed by atoms with Crippen LogP contribution in [0.1, 0.15) is 29.3 Å². The minimum atomic E-state index is -0.627. The number of hydrogen-bond donors (Lipinski definition) is 1. The molecule has 2 atom stereocenters. The first-order chi connectivity index (χ1) is 11.2. The molecule has 23 heavy (non-hydrogen) atoms. The first-order valence-electron chi connectivity index (χ1n) is 7.97. The molecule has 1 aliphatic rings. The fourth-order valence-electron chi connectivity index (χ4n) is 2.86. The molecule has 0 radical (unpaired) electrons. The summed E-state index contributed by atoms with van der Waals surface area (Å²) in [6.07, 6.45) is 2.20. The maximum absolute atomic E-state index is 12.9. The van der Waals surface area contributed by atoms with Crippen molar-refractivity contribution in [2.24, 2.45) is 5.73 Å². The summed E-state index contributed by atoms with van der Waals surface area (Å²) >= 11 is 1.66. The fourth-order valence-corrected chi connectivity index (χ4v) is 3.58. The monoisotopic (exact) mass is 330 g/mol. The Hall–Kier alpha value is -1.69. The number of nitrogens with zero attached hydrogens (tertiary/aromatic N) is 1. The van der Waals surface area contributed by atoms with Crippen LogP contribution in [0.25, 0.3) is 0 Å². The first-order valence-corrected chi connectivity index (χ1v) is 8.85. The number of carbonyl (C=O) groups excluding carboxylic acids is 1. The lowest BCUT2D eigenvalue weighted by Crippen LogP contribution is -2.42. The largest absolute Gasteiger partial charge is 0.376 e. The van der Waals surface area contributed by atoms with Gasteiger partial charge >= 0.3 is 0 Å². The number of hydrogen-bond acceptors (Lipinski definition) is 4. The standard InChI is InChI=1S/C18H22N2O2S/c19-17(14-6-2-1-3-7-14)18(21)20(12-15-8-4-10-22-15)13-16-9-5-11-23-16/h1-3,5-7,9,11,15,17H,4,8,10,12-13,19H2/t15-,17-/m1/s1. The molecule has 0 unspecified atom stereocenters. The highest BCUT2D eigenvalue weighted by atomic mass is 32.1. The third-order valence-corrected chi connectivity index (χ3v) is 4.97. The molecule has 5 heteroatoms. The molecule has 1 aliphatic heterocycles. The van der Waals surface area contributed by atoms with E-state index in [1.165, 1.54) is 0 Å². The van der Waals surface area contributed by atoms with Crippen LogP contribution >= 0.6 is 11.3 Å². The molecule has 2 N–H and O–H groups in total. The zero-order valence-electron chi connectivity index (χ0n) is 13.1. The van der Waals surface area contributed by atoms with Crippen LogP contribution in [0.5, 0.6) is 0 Å². The van der Waals surface area contributed by atoms with Gasteiger partial charge in [-0.15, -0.1) is 11.3 Å². The van der Waals surface area contributed by atoms with E-state index in [0.717, 1.165) is 29.9 Å². The predicted molar refractivity (Wildman–Crippen MR) is 92.1 cm³/mol. The van der Waals surface area contributed by atoms with Crippen LogP contribution in [0.2, 0.25) is 0 Å². The molecule has 0 aliphatic carbocycles. The van der Waals surface area contributed by atoms with Crippen molar-refractivity contribution in [3.8, 4) is 0 Å². The van der Waals surface area contributed by atoms with E-state index in [1.807, 2.05) is 46.7 Å². The lowest BCUT2D eigenvalue weighted by atomic mass is 10.1. The van der Waals surface area contributed by atoms with Gasteiger partial charge in [-0.05, 0) is 29.9 Å². The van der Waals surface area contributed by atoms with Crippen LogP contribution in [0.15, 0.2) is 47.8 Å². The molecule has 4 nitrogen and oxygen atoms in total. The second-order valence-corrected chi connectivity index (χ2v) is 6.85. The Bertz CT molecular complexity index is 609. The van der Waals surface area contributed by atoms with Crippen molar-refractivity contribution >= 4 is 17.2 Å². The Kier molecular flexibility index (Phi) is 5.43. The third-order valence-electron chi connectivity index (χ3n) is 4.11. The van der Waals surface area contributed by atoms with Crippen LogP contribution in [-0.2, 0) is 16.1 Å². The van der Waals surface area contributed by atoms with Crippen molar-refractivity contribution in [1.82, 2.24) is 4.90 Å². The highest BCUT2D eigenvalue weighted by Crippen LogP contribution is 2.20. The summed E-state index contributed by atoms with van der Waals surface area (Å²) in [5.74, 6) is -0.0416. The average molecular weight is 330 g/mol. The van der Waals surface area contributed by atoms with Gasteiger partial charge in [-0.25, -0.2) is 0 Å². The van der Waals surface area contributed by atoms with Crippen molar-refractivity contribution < 1.29 is 9.53 Å². The predicted octanol–water partition coefficient (Wildman–Crippen LogP) is 2.96. The summed E-state index contributed by atoms with van der Waals surface area (Å²) in [7, 11) is 0. The molecule has 0 spiro atoms. The number of amides is 1. The third kappa shape index (κ3) is 4.19. The second kappa shape index (κ2) is 7.73. The molecule has 1 saturated heterocycles. The SMILES string of the molecule is N[C@@H](C(=O)N(Cc1cccs1)C[C@H]1CCCO1)c1ccccc1.